The molecule has 2 amide bonds. The summed E-state index contributed by atoms with van der Waals surface area (Å²) in [7, 11) is 1.24. The van der Waals surface area contributed by atoms with E-state index in [1.165, 1.54) is 27.0 Å². The van der Waals surface area contributed by atoms with E-state index < -0.39 is 60.4 Å². The number of carbonyl (C=O) groups excluding carboxylic acids is 3. The van der Waals surface area contributed by atoms with E-state index in [9.17, 15) is 14.4 Å². The first kappa shape index (κ1) is 35.5. The van der Waals surface area contributed by atoms with Gasteiger partial charge in [-0.3, -0.25) is 9.59 Å². The summed E-state index contributed by atoms with van der Waals surface area (Å²) in [5.74, 6) is -1.62. The van der Waals surface area contributed by atoms with Crippen molar-refractivity contribution < 1.29 is 38.1 Å². The normalized spacial score (nSPS) is 22.3. The maximum Gasteiger partial charge on any atom is 0.328 e. The maximum absolute atomic E-state index is 12.9. The van der Waals surface area contributed by atoms with E-state index in [1.54, 1.807) is 6.08 Å². The molecule has 0 bridgehead atoms. The predicted molar refractivity (Wildman–Crippen MR) is 176 cm³/mol. The third-order valence-corrected chi connectivity index (χ3v) is 7.76. The minimum absolute atomic E-state index is 0.284. The fourth-order valence-corrected chi connectivity index (χ4v) is 5.19. The average Bonchev–Trinajstić information content (AvgIpc) is 3.09. The largest absolute Gasteiger partial charge is 0.467 e. The Morgan fingerprint density at radius 2 is 1.17 bits per heavy atom. The summed E-state index contributed by atoms with van der Waals surface area (Å²) >= 11 is 0. The van der Waals surface area contributed by atoms with E-state index in [0.29, 0.717) is 13.2 Å². The van der Waals surface area contributed by atoms with Crippen molar-refractivity contribution in [3.8, 4) is 0 Å². The molecule has 0 unspecified atom stereocenters. The number of ether oxygens (including phenoxy) is 5. The Labute approximate surface area is 276 Å². The van der Waals surface area contributed by atoms with Gasteiger partial charge < -0.3 is 34.3 Å². The summed E-state index contributed by atoms with van der Waals surface area (Å²) in [6.45, 7) is 5.90. The maximum atomic E-state index is 12.9. The Bertz CT molecular complexity index is 1440. The summed E-state index contributed by atoms with van der Waals surface area (Å²) in [4.78, 5) is 37.1. The highest BCUT2D eigenvalue weighted by atomic mass is 16.6. The molecule has 1 heterocycles. The highest BCUT2D eigenvalue weighted by molar-refractivity contribution is 5.94. The Morgan fingerprint density at radius 3 is 1.66 bits per heavy atom. The molecule has 0 radical (unpaired) electrons. The van der Waals surface area contributed by atoms with E-state index in [4.69, 9.17) is 18.9 Å². The summed E-state index contributed by atoms with van der Waals surface area (Å²) in [6, 6.07) is 27.7. The highest BCUT2D eigenvalue weighted by Gasteiger charge is 2.46. The van der Waals surface area contributed by atoms with Crippen molar-refractivity contribution in [1.29, 1.82) is 0 Å². The van der Waals surface area contributed by atoms with Gasteiger partial charge in [0.15, 0.2) is 0 Å². The monoisotopic (exact) mass is 644 g/mol. The van der Waals surface area contributed by atoms with Crippen molar-refractivity contribution in [2.45, 2.75) is 83.2 Å². The van der Waals surface area contributed by atoms with Gasteiger partial charge >= 0.3 is 5.97 Å². The molecule has 7 atom stereocenters. The summed E-state index contributed by atoms with van der Waals surface area (Å²) in [6.07, 6.45) is 0.144. The van der Waals surface area contributed by atoms with E-state index in [2.05, 4.69) is 15.4 Å². The fraction of sp³-hybridized carbons (Fsp3) is 0.378. The van der Waals surface area contributed by atoms with Gasteiger partial charge in [-0.25, -0.2) is 4.79 Å². The number of amides is 2. The molecule has 0 aromatic heterocycles. The van der Waals surface area contributed by atoms with Gasteiger partial charge in [0.25, 0.3) is 0 Å². The van der Waals surface area contributed by atoms with Crippen LogP contribution in [0.1, 0.15) is 37.5 Å². The Hall–Kier alpha value is -4.35. The average molecular weight is 645 g/mol. The zero-order valence-electron chi connectivity index (χ0n) is 27.2. The van der Waals surface area contributed by atoms with Gasteiger partial charge in [-0.1, -0.05) is 91.0 Å². The van der Waals surface area contributed by atoms with Crippen LogP contribution in [0.4, 0.5) is 0 Å². The number of hydrogen-bond donors (Lipinski definition) is 2. The number of benzene rings is 3. The molecule has 1 aliphatic heterocycles. The number of carbonyl (C=O) groups is 3. The lowest BCUT2D eigenvalue weighted by atomic mass is 9.94. The molecule has 250 valence electrons. The first-order valence-electron chi connectivity index (χ1n) is 15.7. The van der Waals surface area contributed by atoms with Crippen molar-refractivity contribution in [2.75, 3.05) is 7.11 Å². The Balaban J connectivity index is 1.54. The molecule has 1 fully saturated rings. The van der Waals surface area contributed by atoms with Crippen LogP contribution >= 0.6 is 0 Å². The third kappa shape index (κ3) is 10.9. The number of esters is 1. The molecule has 47 heavy (non-hydrogen) atoms. The van der Waals surface area contributed by atoms with Gasteiger partial charge in [-0.05, 0) is 43.5 Å². The molecule has 0 spiro atoms. The van der Waals surface area contributed by atoms with E-state index in [-0.39, 0.29) is 6.61 Å². The van der Waals surface area contributed by atoms with Crippen LogP contribution in [0.25, 0.3) is 0 Å². The van der Waals surface area contributed by atoms with Gasteiger partial charge in [0, 0.05) is 6.08 Å². The zero-order valence-corrected chi connectivity index (χ0v) is 27.2. The van der Waals surface area contributed by atoms with E-state index >= 15 is 0 Å². The van der Waals surface area contributed by atoms with Crippen LogP contribution in [-0.4, -0.2) is 67.5 Å². The molecule has 10 heteroatoms. The highest BCUT2D eigenvalue weighted by Crippen LogP contribution is 2.31. The second-order valence-corrected chi connectivity index (χ2v) is 11.4. The van der Waals surface area contributed by atoms with Crippen molar-refractivity contribution in [2.24, 2.45) is 0 Å². The third-order valence-electron chi connectivity index (χ3n) is 7.76. The molecular formula is C37H44N2O8. The second-order valence-electron chi connectivity index (χ2n) is 11.4. The lowest BCUT2D eigenvalue weighted by Crippen LogP contribution is -2.59. The topological polar surface area (TPSA) is 121 Å². The first-order chi connectivity index (χ1) is 22.7. The van der Waals surface area contributed by atoms with E-state index in [1.807, 2.05) is 97.9 Å². The van der Waals surface area contributed by atoms with Crippen LogP contribution in [-0.2, 0) is 57.9 Å². The van der Waals surface area contributed by atoms with Crippen LogP contribution < -0.4 is 10.6 Å². The van der Waals surface area contributed by atoms with Crippen molar-refractivity contribution in [3.63, 3.8) is 0 Å². The van der Waals surface area contributed by atoms with Gasteiger partial charge in [-0.15, -0.1) is 0 Å². The van der Waals surface area contributed by atoms with Gasteiger partial charge in [0.2, 0.25) is 11.8 Å². The van der Waals surface area contributed by atoms with Crippen LogP contribution in [0.3, 0.4) is 0 Å². The minimum Gasteiger partial charge on any atom is -0.467 e. The van der Waals surface area contributed by atoms with Crippen molar-refractivity contribution >= 4 is 17.8 Å². The zero-order chi connectivity index (χ0) is 33.6. The molecular weight excluding hydrogens is 600 g/mol. The van der Waals surface area contributed by atoms with Gasteiger partial charge in [0.05, 0.1) is 33.0 Å². The van der Waals surface area contributed by atoms with Gasteiger partial charge in [-0.2, -0.15) is 0 Å². The van der Waals surface area contributed by atoms with Crippen molar-refractivity contribution in [1.82, 2.24) is 10.6 Å². The number of nitrogens with one attached hydrogen (secondary N) is 2. The number of rotatable bonds is 15. The summed E-state index contributed by atoms with van der Waals surface area (Å²) < 4.78 is 30.7. The molecule has 0 aliphatic carbocycles. The Morgan fingerprint density at radius 1 is 0.702 bits per heavy atom. The summed E-state index contributed by atoms with van der Waals surface area (Å²) in [5.41, 5.74) is 2.98. The molecule has 1 aliphatic rings. The van der Waals surface area contributed by atoms with Crippen LogP contribution in [0.15, 0.2) is 103 Å². The fourth-order valence-electron chi connectivity index (χ4n) is 5.19. The Kier molecular flexibility index (Phi) is 13.7. The van der Waals surface area contributed by atoms with Crippen LogP contribution in [0.2, 0.25) is 0 Å². The first-order valence-corrected chi connectivity index (χ1v) is 15.7. The standard InChI is InChI=1S/C37H44N2O8/c1-25(36(41)39-26(2)37(42)43-4)38-32(40)21-20-31-34(45-23-29-16-10-6-11-17-29)35(46-24-30-18-12-7-13-19-30)33(27(3)47-31)44-22-28-14-8-5-9-15-28/h5-21,25-27,31,33-35H,22-24H2,1-4H3,(H,38,40)(H,39,41)/b21-20+/t25-,26-,27-,31+,33+,34+,35+/m0/s1. The minimum atomic E-state index is -0.909. The smallest absolute Gasteiger partial charge is 0.328 e. The van der Waals surface area contributed by atoms with Gasteiger partial charge in [0.1, 0.15) is 36.5 Å². The molecule has 1 saturated heterocycles. The lowest BCUT2D eigenvalue weighted by molar-refractivity contribution is -0.251. The molecule has 3 aromatic carbocycles. The molecule has 3 aromatic rings. The second kappa shape index (κ2) is 18.1. The SMILES string of the molecule is COC(=O)[C@H](C)NC(=O)[C@H](C)NC(=O)/C=C/[C@H]1O[C@@H](C)[C@@H](OCc2ccccc2)[C@@H](OCc2ccccc2)[C@@H]1OCc1ccccc1. The molecule has 10 nitrogen and oxygen atoms in total. The van der Waals surface area contributed by atoms with E-state index in [0.717, 1.165) is 16.7 Å². The molecule has 4 rings (SSSR count). The molecule has 2 N–H and O–H groups in total. The van der Waals surface area contributed by atoms with Crippen LogP contribution in [0, 0.1) is 0 Å². The number of methoxy groups -OCH3 is 1. The van der Waals surface area contributed by atoms with Crippen LogP contribution in [0.5, 0.6) is 0 Å². The molecule has 0 saturated carbocycles. The predicted octanol–water partition coefficient (Wildman–Crippen LogP) is 4.27. The van der Waals surface area contributed by atoms with Crippen molar-refractivity contribution in [3.05, 3.63) is 120 Å². The summed E-state index contributed by atoms with van der Waals surface area (Å²) in [5, 5.41) is 5.15. The lowest BCUT2D eigenvalue weighted by Gasteiger charge is -2.44. The quantitative estimate of drug-likeness (QED) is 0.186. The number of hydrogen-bond acceptors (Lipinski definition) is 8.